The number of aromatic nitrogens is 1. The van der Waals surface area contributed by atoms with Crippen LogP contribution in [0.4, 0.5) is 36.9 Å². The molecule has 9 heteroatoms. The number of carbonyl (C=O) groups is 2. The van der Waals surface area contributed by atoms with Crippen LogP contribution >= 0.6 is 0 Å². The minimum Gasteiger partial charge on any atom is -0.373 e. The first-order valence-corrected chi connectivity index (χ1v) is 9.47. The number of pyridine rings is 1. The number of nitrogens with zero attached hydrogens (tertiary/aromatic N) is 3. The smallest absolute Gasteiger partial charge is 0.329 e. The number of fused-ring (bicyclic) bond motifs is 1. The van der Waals surface area contributed by atoms with Crippen molar-refractivity contribution in [2.24, 2.45) is 0 Å². The standard InChI is InChI=1S/C20H23FN6O2/c1-11-6-14(21)15(25-19(28)24-13-4-5-13)7-16(11)27-10-12-9-23-18(22-2)8-17(12)26(3)20(27)29/h6-9,13H,4-5,10H2,1-3H3,(H,22,23)(H2,24,25,28). The van der Waals surface area contributed by atoms with Crippen LogP contribution in [0.15, 0.2) is 24.4 Å². The summed E-state index contributed by atoms with van der Waals surface area (Å²) in [6.07, 6.45) is 3.59. The van der Waals surface area contributed by atoms with Crippen molar-refractivity contribution in [2.75, 3.05) is 34.5 Å². The maximum atomic E-state index is 14.4. The van der Waals surface area contributed by atoms with E-state index in [2.05, 4.69) is 20.9 Å². The number of nitrogens with one attached hydrogen (secondary N) is 3. The third-order valence-electron chi connectivity index (χ3n) is 5.16. The molecule has 8 nitrogen and oxygen atoms in total. The predicted molar refractivity (Wildman–Crippen MR) is 110 cm³/mol. The minimum absolute atomic E-state index is 0.0358. The predicted octanol–water partition coefficient (Wildman–Crippen LogP) is 3.43. The van der Waals surface area contributed by atoms with Gasteiger partial charge in [0.1, 0.15) is 11.6 Å². The number of amides is 4. The highest BCUT2D eigenvalue weighted by molar-refractivity contribution is 6.06. The largest absolute Gasteiger partial charge is 0.373 e. The highest BCUT2D eigenvalue weighted by atomic mass is 19.1. The molecule has 2 aliphatic rings. The monoisotopic (exact) mass is 398 g/mol. The normalized spacial score (nSPS) is 15.8. The van der Waals surface area contributed by atoms with Crippen LogP contribution in [0.5, 0.6) is 0 Å². The Labute approximate surface area is 168 Å². The van der Waals surface area contributed by atoms with E-state index in [4.69, 9.17) is 0 Å². The zero-order chi connectivity index (χ0) is 20.7. The molecule has 0 radical (unpaired) electrons. The van der Waals surface area contributed by atoms with E-state index in [-0.39, 0.29) is 17.8 Å². The number of anilines is 4. The molecule has 0 saturated heterocycles. The summed E-state index contributed by atoms with van der Waals surface area (Å²) in [4.78, 5) is 32.5. The molecule has 1 aliphatic heterocycles. The summed E-state index contributed by atoms with van der Waals surface area (Å²) in [7, 11) is 3.45. The van der Waals surface area contributed by atoms with Gasteiger partial charge in [-0.15, -0.1) is 0 Å². The third kappa shape index (κ3) is 3.67. The van der Waals surface area contributed by atoms with Gasteiger partial charge in [-0.05, 0) is 37.5 Å². The van der Waals surface area contributed by atoms with Gasteiger partial charge in [0.2, 0.25) is 0 Å². The fraction of sp³-hybridized carbons (Fsp3) is 0.350. The molecular weight excluding hydrogens is 375 g/mol. The van der Waals surface area contributed by atoms with Gasteiger partial charge in [0.25, 0.3) is 0 Å². The molecule has 0 atom stereocenters. The van der Waals surface area contributed by atoms with Crippen molar-refractivity contribution in [1.82, 2.24) is 10.3 Å². The molecule has 29 heavy (non-hydrogen) atoms. The Morgan fingerprint density at radius 3 is 2.69 bits per heavy atom. The van der Waals surface area contributed by atoms with E-state index in [1.165, 1.54) is 17.0 Å². The molecule has 152 valence electrons. The Kier molecular flexibility index (Phi) is 4.73. The first-order valence-electron chi connectivity index (χ1n) is 9.47. The molecule has 1 aliphatic carbocycles. The van der Waals surface area contributed by atoms with Crippen LogP contribution in [-0.4, -0.2) is 37.2 Å². The summed E-state index contributed by atoms with van der Waals surface area (Å²) in [5.41, 5.74) is 2.81. The van der Waals surface area contributed by atoms with Gasteiger partial charge in [-0.1, -0.05) is 0 Å². The molecule has 4 amide bonds. The molecule has 4 rings (SSSR count). The zero-order valence-electron chi connectivity index (χ0n) is 16.5. The van der Waals surface area contributed by atoms with Gasteiger partial charge in [-0.2, -0.15) is 0 Å². The molecule has 2 heterocycles. The lowest BCUT2D eigenvalue weighted by Gasteiger charge is -2.36. The molecule has 0 spiro atoms. The van der Waals surface area contributed by atoms with Crippen LogP contribution in [0.3, 0.4) is 0 Å². The summed E-state index contributed by atoms with van der Waals surface area (Å²) in [5.74, 6) is 0.124. The van der Waals surface area contributed by atoms with Crippen molar-refractivity contribution in [3.8, 4) is 0 Å². The molecule has 1 fully saturated rings. The first kappa shape index (κ1) is 19.0. The number of aryl methyl sites for hydroxylation is 1. The van der Waals surface area contributed by atoms with Crippen molar-refractivity contribution in [1.29, 1.82) is 0 Å². The number of urea groups is 2. The summed E-state index contributed by atoms with van der Waals surface area (Å²) in [5, 5.41) is 8.28. The second-order valence-electron chi connectivity index (χ2n) is 7.37. The zero-order valence-corrected chi connectivity index (χ0v) is 16.5. The van der Waals surface area contributed by atoms with Gasteiger partial charge in [0.15, 0.2) is 0 Å². The average Bonchev–Trinajstić information content (AvgIpc) is 3.50. The van der Waals surface area contributed by atoms with Crippen LogP contribution < -0.4 is 25.8 Å². The molecular formula is C20H23FN6O2. The van der Waals surface area contributed by atoms with Crippen LogP contribution in [0.1, 0.15) is 24.0 Å². The van der Waals surface area contributed by atoms with Crippen LogP contribution in [-0.2, 0) is 6.54 Å². The Hall–Kier alpha value is -3.36. The summed E-state index contributed by atoms with van der Waals surface area (Å²) >= 11 is 0. The van der Waals surface area contributed by atoms with Crippen LogP contribution in [0.2, 0.25) is 0 Å². The topological polar surface area (TPSA) is 89.6 Å². The van der Waals surface area contributed by atoms with Gasteiger partial charge >= 0.3 is 12.1 Å². The molecule has 3 N–H and O–H groups in total. The van der Waals surface area contributed by atoms with Crippen LogP contribution in [0, 0.1) is 12.7 Å². The van der Waals surface area contributed by atoms with Crippen molar-refractivity contribution >= 4 is 34.9 Å². The summed E-state index contributed by atoms with van der Waals surface area (Å²) in [6.45, 7) is 2.04. The maximum Gasteiger partial charge on any atom is 0.329 e. The second kappa shape index (κ2) is 7.23. The summed E-state index contributed by atoms with van der Waals surface area (Å²) in [6, 6.07) is 4.12. The quantitative estimate of drug-likeness (QED) is 0.736. The second-order valence-corrected chi connectivity index (χ2v) is 7.37. The molecule has 1 aromatic carbocycles. The van der Waals surface area contributed by atoms with Crippen molar-refractivity contribution in [3.05, 3.63) is 41.3 Å². The number of hydrogen-bond acceptors (Lipinski definition) is 4. The molecule has 0 bridgehead atoms. The average molecular weight is 398 g/mol. The molecule has 1 saturated carbocycles. The number of hydrogen-bond donors (Lipinski definition) is 3. The Morgan fingerprint density at radius 2 is 2.00 bits per heavy atom. The Morgan fingerprint density at radius 1 is 1.24 bits per heavy atom. The first-order chi connectivity index (χ1) is 13.9. The SMILES string of the molecule is CNc1cc2c(cn1)CN(c1cc(NC(=O)NC3CC3)c(F)cc1C)C(=O)N2C. The van der Waals surface area contributed by atoms with E-state index in [1.54, 1.807) is 32.1 Å². The van der Waals surface area contributed by atoms with E-state index in [0.717, 1.165) is 24.1 Å². The van der Waals surface area contributed by atoms with Crippen molar-refractivity contribution in [2.45, 2.75) is 32.4 Å². The van der Waals surface area contributed by atoms with E-state index >= 15 is 0 Å². The van der Waals surface area contributed by atoms with Gasteiger partial charge in [0.05, 0.1) is 23.6 Å². The van der Waals surface area contributed by atoms with E-state index < -0.39 is 11.8 Å². The molecule has 2 aromatic rings. The number of carbonyl (C=O) groups excluding carboxylic acids is 2. The number of rotatable bonds is 4. The number of benzene rings is 1. The summed E-state index contributed by atoms with van der Waals surface area (Å²) < 4.78 is 14.4. The lowest BCUT2D eigenvalue weighted by molar-refractivity contribution is 0.251. The highest BCUT2D eigenvalue weighted by Gasteiger charge is 2.31. The fourth-order valence-electron chi connectivity index (χ4n) is 3.37. The highest BCUT2D eigenvalue weighted by Crippen LogP contribution is 2.35. The van der Waals surface area contributed by atoms with Crippen molar-refractivity contribution in [3.63, 3.8) is 0 Å². The fourth-order valence-corrected chi connectivity index (χ4v) is 3.37. The molecule has 0 unspecified atom stereocenters. The van der Waals surface area contributed by atoms with Crippen molar-refractivity contribution < 1.29 is 14.0 Å². The third-order valence-corrected chi connectivity index (χ3v) is 5.16. The van der Waals surface area contributed by atoms with Crippen LogP contribution in [0.25, 0.3) is 0 Å². The van der Waals surface area contributed by atoms with E-state index in [0.29, 0.717) is 23.6 Å². The van der Waals surface area contributed by atoms with E-state index in [9.17, 15) is 14.0 Å². The van der Waals surface area contributed by atoms with Gasteiger partial charge in [-0.25, -0.2) is 19.0 Å². The maximum absolute atomic E-state index is 14.4. The lowest BCUT2D eigenvalue weighted by atomic mass is 10.1. The lowest BCUT2D eigenvalue weighted by Crippen LogP contribution is -2.45. The van der Waals surface area contributed by atoms with Gasteiger partial charge < -0.3 is 16.0 Å². The number of halogens is 1. The van der Waals surface area contributed by atoms with E-state index in [1.807, 2.05) is 6.07 Å². The van der Waals surface area contributed by atoms with Gasteiger partial charge in [-0.3, -0.25) is 9.80 Å². The Bertz CT molecular complexity index is 991. The Balaban J connectivity index is 1.65. The minimum atomic E-state index is -0.546. The van der Waals surface area contributed by atoms with Gasteiger partial charge in [0, 0.05) is 38.0 Å². The molecule has 1 aromatic heterocycles.